The van der Waals surface area contributed by atoms with E-state index in [-0.39, 0.29) is 34.5 Å². The van der Waals surface area contributed by atoms with Gasteiger partial charge in [-0.3, -0.25) is 9.59 Å². The Morgan fingerprint density at radius 2 is 1.27 bits per heavy atom. The maximum Gasteiger partial charge on any atom is 0.159 e. The van der Waals surface area contributed by atoms with Gasteiger partial charge < -0.3 is 9.47 Å². The highest BCUT2D eigenvalue weighted by Crippen LogP contribution is 2.45. The highest BCUT2D eigenvalue weighted by molar-refractivity contribution is 6.09. The van der Waals surface area contributed by atoms with Gasteiger partial charge in [-0.1, -0.05) is 13.8 Å². The fourth-order valence-electron chi connectivity index (χ4n) is 3.25. The Hall–Kier alpha value is -0.740. The van der Waals surface area contributed by atoms with E-state index in [4.69, 9.17) is 9.47 Å². The summed E-state index contributed by atoms with van der Waals surface area (Å²) in [6.07, 6.45) is 1.66. The normalized spacial score (nSPS) is 29.8. The molecule has 2 rings (SSSR count). The van der Waals surface area contributed by atoms with E-state index in [1.807, 2.05) is 41.5 Å². The Morgan fingerprint density at radius 3 is 1.68 bits per heavy atom. The van der Waals surface area contributed by atoms with Crippen LogP contribution in [0.25, 0.3) is 0 Å². The Morgan fingerprint density at radius 1 is 0.864 bits per heavy atom. The molecule has 0 atom stereocenters. The van der Waals surface area contributed by atoms with Crippen LogP contribution < -0.4 is 0 Å². The van der Waals surface area contributed by atoms with Crippen molar-refractivity contribution in [2.45, 2.75) is 91.6 Å². The zero-order valence-corrected chi connectivity index (χ0v) is 15.0. The quantitative estimate of drug-likeness (QED) is 0.746. The molecule has 22 heavy (non-hydrogen) atoms. The summed E-state index contributed by atoms with van der Waals surface area (Å²) in [7, 11) is 0. The minimum absolute atomic E-state index is 0.0604. The molecule has 2 fully saturated rings. The summed E-state index contributed by atoms with van der Waals surface area (Å²) in [5, 5.41) is 0. The molecule has 1 saturated heterocycles. The van der Waals surface area contributed by atoms with Gasteiger partial charge in [-0.15, -0.1) is 0 Å². The van der Waals surface area contributed by atoms with Gasteiger partial charge in [-0.25, -0.2) is 0 Å². The molecule has 0 spiro atoms. The minimum atomic E-state index is -0.876. The third-order valence-electron chi connectivity index (χ3n) is 5.69. The van der Waals surface area contributed by atoms with Crippen LogP contribution in [0.4, 0.5) is 0 Å². The van der Waals surface area contributed by atoms with E-state index in [0.29, 0.717) is 25.7 Å². The second-order valence-corrected chi connectivity index (χ2v) is 8.92. The molecule has 0 aromatic carbocycles. The molecule has 126 valence electrons. The van der Waals surface area contributed by atoms with Crippen LogP contribution in [-0.4, -0.2) is 29.1 Å². The monoisotopic (exact) mass is 310 g/mol. The number of ketones is 2. The molecule has 0 N–H and O–H groups in total. The van der Waals surface area contributed by atoms with E-state index in [0.717, 1.165) is 0 Å². The van der Waals surface area contributed by atoms with Gasteiger partial charge in [0.15, 0.2) is 6.29 Å². The van der Waals surface area contributed by atoms with Crippen LogP contribution in [0, 0.1) is 10.8 Å². The molecular weight excluding hydrogens is 280 g/mol. The third-order valence-corrected chi connectivity index (χ3v) is 5.69. The van der Waals surface area contributed by atoms with Crippen LogP contribution in [0.1, 0.15) is 74.1 Å². The molecule has 0 aromatic heterocycles. The summed E-state index contributed by atoms with van der Waals surface area (Å²) in [5.41, 5.74) is -1.83. The van der Waals surface area contributed by atoms with Gasteiger partial charge in [-0.05, 0) is 52.9 Å². The molecule has 4 nitrogen and oxygen atoms in total. The lowest BCUT2D eigenvalue weighted by Crippen LogP contribution is -2.46. The van der Waals surface area contributed by atoms with E-state index >= 15 is 0 Å². The molecule has 1 aliphatic carbocycles. The smallest absolute Gasteiger partial charge is 0.159 e. The second kappa shape index (κ2) is 5.13. The minimum Gasteiger partial charge on any atom is -0.344 e. The van der Waals surface area contributed by atoms with Crippen molar-refractivity contribution in [3.63, 3.8) is 0 Å². The van der Waals surface area contributed by atoms with Crippen molar-refractivity contribution in [2.24, 2.45) is 10.8 Å². The Labute approximate surface area is 133 Å². The number of Topliss-reactive ketones (excluding diaryl/α,β-unsaturated/α-hetero) is 2. The Bertz CT molecular complexity index is 451. The number of carbonyl (C=O) groups is 2. The predicted octanol–water partition coefficient (Wildman–Crippen LogP) is 3.66. The molecule has 0 bridgehead atoms. The number of ether oxygens (including phenoxy) is 2. The first kappa shape index (κ1) is 17.6. The summed E-state index contributed by atoms with van der Waals surface area (Å²) in [6.45, 7) is 13.8. The molecule has 0 unspecified atom stereocenters. The van der Waals surface area contributed by atoms with Crippen molar-refractivity contribution in [3.05, 3.63) is 0 Å². The highest BCUT2D eigenvalue weighted by Gasteiger charge is 2.52. The Balaban J connectivity index is 2.03. The van der Waals surface area contributed by atoms with Crippen LogP contribution >= 0.6 is 0 Å². The van der Waals surface area contributed by atoms with Gasteiger partial charge in [-0.2, -0.15) is 0 Å². The molecular formula is C18H30O4. The molecule has 4 heteroatoms. The maximum atomic E-state index is 12.5. The number of hydrogen-bond acceptors (Lipinski definition) is 4. The molecule has 2 aliphatic rings. The first-order chi connectivity index (χ1) is 9.79. The summed E-state index contributed by atoms with van der Waals surface area (Å²) >= 11 is 0. The molecule has 1 aliphatic heterocycles. The van der Waals surface area contributed by atoms with E-state index in [9.17, 15) is 9.59 Å². The molecule has 0 radical (unpaired) electrons. The summed E-state index contributed by atoms with van der Waals surface area (Å²) in [5.74, 6) is 0.121. The van der Waals surface area contributed by atoms with Crippen molar-refractivity contribution in [1.29, 1.82) is 0 Å². The first-order valence-corrected chi connectivity index (χ1v) is 8.21. The lowest BCUT2D eigenvalue weighted by molar-refractivity contribution is -0.149. The fraction of sp³-hybridized carbons (Fsp3) is 0.889. The fourth-order valence-corrected chi connectivity index (χ4v) is 3.25. The van der Waals surface area contributed by atoms with Crippen LogP contribution in [0.2, 0.25) is 0 Å². The van der Waals surface area contributed by atoms with Crippen molar-refractivity contribution < 1.29 is 19.1 Å². The van der Waals surface area contributed by atoms with Gasteiger partial charge in [0.25, 0.3) is 0 Å². The average molecular weight is 310 g/mol. The maximum absolute atomic E-state index is 12.5. The van der Waals surface area contributed by atoms with E-state index < -0.39 is 5.41 Å². The van der Waals surface area contributed by atoms with Gasteiger partial charge in [0, 0.05) is 12.8 Å². The second-order valence-electron chi connectivity index (χ2n) is 8.92. The first-order valence-electron chi connectivity index (χ1n) is 8.21. The van der Waals surface area contributed by atoms with Gasteiger partial charge in [0.05, 0.1) is 16.6 Å². The average Bonchev–Trinajstić information content (AvgIpc) is 2.51. The van der Waals surface area contributed by atoms with E-state index in [1.54, 1.807) is 6.92 Å². The SMILES string of the molecule is CC1(C)CC(=O)C(C)(CCC2OC(C)(C)C(C)(C)O2)C(=O)C1. The van der Waals surface area contributed by atoms with Crippen molar-refractivity contribution in [1.82, 2.24) is 0 Å². The van der Waals surface area contributed by atoms with Gasteiger partial charge in [0.1, 0.15) is 11.6 Å². The number of rotatable bonds is 3. The number of carbonyl (C=O) groups excluding carboxylic acids is 2. The van der Waals surface area contributed by atoms with Crippen molar-refractivity contribution in [3.8, 4) is 0 Å². The summed E-state index contributed by atoms with van der Waals surface area (Å²) < 4.78 is 11.9. The van der Waals surface area contributed by atoms with E-state index in [2.05, 4.69) is 0 Å². The molecule has 0 amide bonds. The van der Waals surface area contributed by atoms with E-state index in [1.165, 1.54) is 0 Å². The zero-order valence-electron chi connectivity index (χ0n) is 15.0. The third kappa shape index (κ3) is 3.00. The van der Waals surface area contributed by atoms with Gasteiger partial charge >= 0.3 is 0 Å². The van der Waals surface area contributed by atoms with Crippen molar-refractivity contribution in [2.75, 3.05) is 0 Å². The summed E-state index contributed by atoms with van der Waals surface area (Å²) in [4.78, 5) is 25.0. The van der Waals surface area contributed by atoms with Crippen LogP contribution in [-0.2, 0) is 19.1 Å². The largest absolute Gasteiger partial charge is 0.344 e. The van der Waals surface area contributed by atoms with Gasteiger partial charge in [0.2, 0.25) is 0 Å². The predicted molar refractivity (Wildman–Crippen MR) is 84.5 cm³/mol. The molecule has 1 heterocycles. The lowest BCUT2D eigenvalue weighted by atomic mass is 9.62. The highest BCUT2D eigenvalue weighted by atomic mass is 16.7. The standard InChI is InChI=1S/C18H30O4/c1-15(2)10-12(19)18(7,13(20)11-15)9-8-14-21-16(3,4)17(5,6)22-14/h14H,8-11H2,1-7H3. The lowest BCUT2D eigenvalue weighted by Gasteiger charge is -2.38. The topological polar surface area (TPSA) is 52.6 Å². The van der Waals surface area contributed by atoms with Crippen molar-refractivity contribution >= 4 is 11.6 Å². The van der Waals surface area contributed by atoms with Crippen LogP contribution in [0.5, 0.6) is 0 Å². The molecule has 1 saturated carbocycles. The summed E-state index contributed by atoms with van der Waals surface area (Å²) in [6, 6.07) is 0. The Kier molecular flexibility index (Phi) is 4.11. The number of hydrogen-bond donors (Lipinski definition) is 0. The zero-order chi connectivity index (χ0) is 17.0. The van der Waals surface area contributed by atoms with Crippen LogP contribution in [0.15, 0.2) is 0 Å². The van der Waals surface area contributed by atoms with Crippen LogP contribution in [0.3, 0.4) is 0 Å². The molecule has 0 aromatic rings.